The topological polar surface area (TPSA) is 67.6 Å². The molecule has 0 spiro atoms. The molecule has 6 nitrogen and oxygen atoms in total. The number of allylic oxidation sites excluding steroid dienone is 2. The van der Waals surface area contributed by atoms with E-state index < -0.39 is 5.97 Å². The zero-order chi connectivity index (χ0) is 21.5. The Morgan fingerprint density at radius 2 is 1.91 bits per heavy atom. The van der Waals surface area contributed by atoms with Gasteiger partial charge in [0, 0.05) is 43.1 Å². The van der Waals surface area contributed by atoms with Crippen LogP contribution in [0.1, 0.15) is 24.5 Å². The molecule has 5 rings (SSSR count). The summed E-state index contributed by atoms with van der Waals surface area (Å²) in [6.45, 7) is 3.63. The summed E-state index contributed by atoms with van der Waals surface area (Å²) in [5.41, 5.74) is 3.29. The van der Waals surface area contributed by atoms with Crippen LogP contribution in [0.25, 0.3) is 6.08 Å². The maximum Gasteiger partial charge on any atom is 1.00 e. The zero-order valence-electron chi connectivity index (χ0n) is 18.5. The van der Waals surface area contributed by atoms with Gasteiger partial charge < -0.3 is 19.7 Å². The fourth-order valence-electron chi connectivity index (χ4n) is 5.33. The molecule has 2 unspecified atom stereocenters. The van der Waals surface area contributed by atoms with Gasteiger partial charge in [-0.2, -0.15) is 0 Å². The van der Waals surface area contributed by atoms with Crippen LogP contribution < -0.4 is 39.2 Å². The third kappa shape index (κ3) is 4.15. The Hall–Kier alpha value is -2.41. The van der Waals surface area contributed by atoms with Crippen molar-refractivity contribution in [2.24, 2.45) is 5.92 Å². The Morgan fingerprint density at radius 3 is 2.62 bits per heavy atom. The maximum atomic E-state index is 11.9. The average Bonchev–Trinajstić information content (AvgIpc) is 3.06. The van der Waals surface area contributed by atoms with Crippen LogP contribution in [0.15, 0.2) is 72.2 Å². The summed E-state index contributed by atoms with van der Waals surface area (Å²) in [5.74, 6) is -0.799. The monoisotopic (exact) mass is 438 g/mol. The Morgan fingerprint density at radius 1 is 1.12 bits per heavy atom. The molecule has 3 aliphatic heterocycles. The Labute approximate surface area is 210 Å². The number of aliphatic carboxylic acids is 1. The number of nitrogens with zero attached hydrogens (tertiary/aromatic N) is 3. The molecular weight excluding hydrogens is 413 g/mol. The second kappa shape index (κ2) is 9.22. The molecule has 3 atom stereocenters. The molecular formula is C25H25N3NaO3+. The minimum atomic E-state index is -1.13. The van der Waals surface area contributed by atoms with Crippen molar-refractivity contribution in [2.45, 2.75) is 32.0 Å². The number of carboxylic acid groups (broad SMARTS) is 1. The zero-order valence-corrected chi connectivity index (χ0v) is 20.5. The number of hydrogen-bond donors (Lipinski definition) is 0. The fourth-order valence-corrected chi connectivity index (χ4v) is 5.33. The molecule has 3 aliphatic rings. The van der Waals surface area contributed by atoms with E-state index in [0.717, 1.165) is 17.7 Å². The van der Waals surface area contributed by atoms with E-state index in [9.17, 15) is 14.7 Å². The Bertz CT molecular complexity index is 1100. The van der Waals surface area contributed by atoms with E-state index in [4.69, 9.17) is 0 Å². The summed E-state index contributed by atoms with van der Waals surface area (Å²) >= 11 is 0. The maximum absolute atomic E-state index is 11.9. The van der Waals surface area contributed by atoms with Crippen molar-refractivity contribution < 1.29 is 48.8 Å². The van der Waals surface area contributed by atoms with Gasteiger partial charge in [0.2, 0.25) is 5.91 Å². The SMILES string of the molecule is CC(=O)N1CC2CC(/C=C/c3ccc[n+](Cc4ccccc4)c3)=C(C(=O)[O-])N3CC1[C@@H]23.[Na+]. The molecule has 0 aliphatic carbocycles. The van der Waals surface area contributed by atoms with E-state index in [-0.39, 0.29) is 59.2 Å². The summed E-state index contributed by atoms with van der Waals surface area (Å²) in [5, 5.41) is 11.9. The number of pyridine rings is 1. The van der Waals surface area contributed by atoms with E-state index in [1.807, 2.05) is 58.5 Å². The van der Waals surface area contributed by atoms with Gasteiger partial charge in [-0.05, 0) is 24.1 Å². The van der Waals surface area contributed by atoms with Crippen molar-refractivity contribution in [3.63, 3.8) is 0 Å². The van der Waals surface area contributed by atoms with Gasteiger partial charge in [0.25, 0.3) is 0 Å². The smallest absolute Gasteiger partial charge is 0.543 e. The first kappa shape index (κ1) is 22.8. The Kier molecular flexibility index (Phi) is 6.56. The van der Waals surface area contributed by atoms with E-state index in [1.165, 1.54) is 5.56 Å². The van der Waals surface area contributed by atoms with Crippen LogP contribution in [0.4, 0.5) is 0 Å². The molecule has 2 aromatic rings. The minimum absolute atomic E-state index is 0. The van der Waals surface area contributed by atoms with E-state index in [2.05, 4.69) is 22.9 Å². The third-order valence-corrected chi connectivity index (χ3v) is 6.69. The van der Waals surface area contributed by atoms with Gasteiger partial charge in [0.1, 0.15) is 0 Å². The molecule has 158 valence electrons. The fraction of sp³-hybridized carbons (Fsp3) is 0.320. The van der Waals surface area contributed by atoms with E-state index >= 15 is 0 Å². The van der Waals surface area contributed by atoms with Crippen molar-refractivity contribution in [1.82, 2.24) is 9.80 Å². The number of aromatic nitrogens is 1. The van der Waals surface area contributed by atoms with Crippen LogP contribution in [-0.4, -0.2) is 46.8 Å². The van der Waals surface area contributed by atoms with Crippen LogP contribution in [-0.2, 0) is 16.1 Å². The number of carboxylic acids is 1. The molecule has 7 heteroatoms. The number of benzene rings is 1. The van der Waals surface area contributed by atoms with Crippen LogP contribution in [0.2, 0.25) is 0 Å². The van der Waals surface area contributed by atoms with Crippen molar-refractivity contribution in [1.29, 1.82) is 0 Å². The molecule has 1 amide bonds. The van der Waals surface area contributed by atoms with Crippen LogP contribution >= 0.6 is 0 Å². The van der Waals surface area contributed by atoms with Crippen molar-refractivity contribution in [3.05, 3.63) is 83.3 Å². The molecule has 0 radical (unpaired) electrons. The second-order valence-corrected chi connectivity index (χ2v) is 8.64. The van der Waals surface area contributed by atoms with Crippen molar-refractivity contribution >= 4 is 18.0 Å². The number of hydrogen-bond acceptors (Lipinski definition) is 4. The first-order valence-electron chi connectivity index (χ1n) is 10.7. The standard InChI is InChI=1S/C25H25N3O3.Na/c1-17(29)27-15-21-12-20(24(25(30)31)28-16-22(27)23(21)28)10-9-19-8-5-11-26(14-19)13-18-6-3-2-4-7-18;/h2-11,14,21-23H,12-13,15-16H2,1H3;/q;+1/b10-9+;/t21?,22?,23-;/m1./s1. The normalized spacial score (nSPS) is 23.6. The van der Waals surface area contributed by atoms with Gasteiger partial charge in [-0.15, -0.1) is 0 Å². The van der Waals surface area contributed by atoms with Gasteiger partial charge in [-0.25, -0.2) is 4.57 Å². The molecule has 1 aromatic carbocycles. The number of likely N-dealkylation sites (tertiary alicyclic amines) is 1. The number of rotatable bonds is 5. The quantitative estimate of drug-likeness (QED) is 0.399. The molecule has 32 heavy (non-hydrogen) atoms. The summed E-state index contributed by atoms with van der Waals surface area (Å²) < 4.78 is 2.11. The van der Waals surface area contributed by atoms with E-state index in [0.29, 0.717) is 19.5 Å². The first-order valence-corrected chi connectivity index (χ1v) is 10.7. The molecule has 0 saturated carbocycles. The summed E-state index contributed by atoms with van der Waals surface area (Å²) in [6.07, 6.45) is 8.61. The van der Waals surface area contributed by atoms with Crippen LogP contribution in [0, 0.1) is 5.92 Å². The number of carbonyl (C=O) groups is 2. The van der Waals surface area contributed by atoms with Gasteiger partial charge in [0.05, 0.1) is 23.8 Å². The van der Waals surface area contributed by atoms with Crippen LogP contribution in [0.3, 0.4) is 0 Å². The molecule has 0 N–H and O–H groups in total. The molecule has 0 bridgehead atoms. The Balaban J connectivity index is 0.00000245. The summed E-state index contributed by atoms with van der Waals surface area (Å²) in [7, 11) is 0. The molecule has 1 aromatic heterocycles. The number of amides is 1. The average molecular weight is 438 g/mol. The summed E-state index contributed by atoms with van der Waals surface area (Å²) in [6, 6.07) is 14.5. The molecule has 2 fully saturated rings. The van der Waals surface area contributed by atoms with Gasteiger partial charge in [-0.3, -0.25) is 4.79 Å². The molecule has 2 saturated heterocycles. The van der Waals surface area contributed by atoms with Crippen LogP contribution in [0.5, 0.6) is 0 Å². The summed E-state index contributed by atoms with van der Waals surface area (Å²) in [4.78, 5) is 27.7. The van der Waals surface area contributed by atoms with Crippen molar-refractivity contribution in [2.75, 3.05) is 13.1 Å². The minimum Gasteiger partial charge on any atom is -0.543 e. The van der Waals surface area contributed by atoms with Gasteiger partial charge >= 0.3 is 29.6 Å². The number of carbonyl (C=O) groups excluding carboxylic acids is 2. The second-order valence-electron chi connectivity index (χ2n) is 8.64. The third-order valence-electron chi connectivity index (χ3n) is 6.69. The van der Waals surface area contributed by atoms with Crippen molar-refractivity contribution in [3.8, 4) is 0 Å². The first-order chi connectivity index (χ1) is 15.0. The predicted octanol–water partition coefficient (Wildman–Crippen LogP) is -2.02. The predicted molar refractivity (Wildman–Crippen MR) is 113 cm³/mol. The van der Waals surface area contributed by atoms with Gasteiger partial charge in [-0.1, -0.05) is 36.4 Å². The van der Waals surface area contributed by atoms with E-state index in [1.54, 1.807) is 6.92 Å². The largest absolute Gasteiger partial charge is 1.00 e. The van der Waals surface area contributed by atoms with Gasteiger partial charge in [0.15, 0.2) is 18.9 Å². The molecule has 4 heterocycles.